The molecule has 2 N–H and O–H groups in total. The summed E-state index contributed by atoms with van der Waals surface area (Å²) in [5, 5.41) is 14.2. The van der Waals surface area contributed by atoms with Gasteiger partial charge >= 0.3 is 24.3 Å². The maximum Gasteiger partial charge on any atom is 0.490 e. The molecule has 8 nitrogen and oxygen atoms in total. The highest BCUT2D eigenvalue weighted by atomic mass is 32.1. The highest BCUT2D eigenvalue weighted by Crippen LogP contribution is 2.37. The van der Waals surface area contributed by atoms with Crippen molar-refractivity contribution >= 4 is 23.3 Å². The molecule has 0 bridgehead atoms. The van der Waals surface area contributed by atoms with Crippen molar-refractivity contribution in [1.82, 2.24) is 9.88 Å². The van der Waals surface area contributed by atoms with Gasteiger partial charge in [0.15, 0.2) is 0 Å². The van der Waals surface area contributed by atoms with Crippen LogP contribution in [0.2, 0.25) is 0 Å². The van der Waals surface area contributed by atoms with Crippen molar-refractivity contribution in [1.29, 1.82) is 0 Å². The van der Waals surface area contributed by atoms with Gasteiger partial charge < -0.3 is 19.7 Å². The van der Waals surface area contributed by atoms with E-state index in [1.807, 2.05) is 23.5 Å². The van der Waals surface area contributed by atoms with Crippen molar-refractivity contribution in [2.45, 2.75) is 50.4 Å². The lowest BCUT2D eigenvalue weighted by atomic mass is 9.98. The van der Waals surface area contributed by atoms with Crippen LogP contribution in [-0.2, 0) is 20.9 Å². The standard InChI is InChI=1S/C18H22N2O2S.2C2HF3O2/c1-14-4-5-17(23-14)11-20-8-6-18(13-20)9-16(12-21-18)22-15-3-2-7-19-10-15;2*3-2(4,5)1(6)7/h2-5,7,10,16H,6,8-9,11-13H2,1H3;2*(H,6,7). The van der Waals surface area contributed by atoms with E-state index in [-0.39, 0.29) is 11.7 Å². The lowest BCUT2D eigenvalue weighted by Crippen LogP contribution is -2.33. The third kappa shape index (κ3) is 10.2. The molecule has 206 valence electrons. The molecule has 2 aromatic rings. The molecule has 15 heteroatoms. The van der Waals surface area contributed by atoms with E-state index < -0.39 is 24.3 Å². The molecular formula is C22H24F6N2O6S. The van der Waals surface area contributed by atoms with E-state index in [0.717, 1.165) is 38.2 Å². The number of rotatable bonds is 4. The first-order valence-electron chi connectivity index (χ1n) is 10.7. The minimum Gasteiger partial charge on any atom is -0.486 e. The van der Waals surface area contributed by atoms with E-state index in [9.17, 15) is 26.3 Å². The number of aryl methyl sites for hydroxylation is 1. The Morgan fingerprint density at radius 2 is 1.78 bits per heavy atom. The van der Waals surface area contributed by atoms with Crippen LogP contribution < -0.4 is 4.74 Å². The molecule has 2 fully saturated rings. The predicted molar refractivity (Wildman–Crippen MR) is 118 cm³/mol. The molecule has 1 spiro atoms. The van der Waals surface area contributed by atoms with Crippen LogP contribution in [-0.4, -0.2) is 75.8 Å². The average molecular weight is 558 g/mol. The van der Waals surface area contributed by atoms with Crippen LogP contribution in [0.4, 0.5) is 26.3 Å². The molecular weight excluding hydrogens is 534 g/mol. The number of hydrogen-bond donors (Lipinski definition) is 2. The zero-order valence-electron chi connectivity index (χ0n) is 19.4. The number of alkyl halides is 6. The van der Waals surface area contributed by atoms with Crippen molar-refractivity contribution in [3.63, 3.8) is 0 Å². The summed E-state index contributed by atoms with van der Waals surface area (Å²) in [5.41, 5.74) is -0.0147. The molecule has 37 heavy (non-hydrogen) atoms. The Morgan fingerprint density at radius 1 is 1.16 bits per heavy atom. The Bertz CT molecular complexity index is 1010. The summed E-state index contributed by atoms with van der Waals surface area (Å²) < 4.78 is 75.7. The summed E-state index contributed by atoms with van der Waals surface area (Å²) in [4.78, 5) is 27.2. The molecule has 2 aliphatic heterocycles. The van der Waals surface area contributed by atoms with Gasteiger partial charge in [0, 0.05) is 42.0 Å². The first kappa shape index (κ1) is 30.3. The summed E-state index contributed by atoms with van der Waals surface area (Å²) in [6.07, 6.45) is -4.42. The number of nitrogens with zero attached hydrogens (tertiary/aromatic N) is 2. The van der Waals surface area contributed by atoms with E-state index >= 15 is 0 Å². The van der Waals surface area contributed by atoms with E-state index in [0.29, 0.717) is 6.61 Å². The maximum atomic E-state index is 10.6. The molecule has 0 radical (unpaired) electrons. The molecule has 2 aliphatic rings. The van der Waals surface area contributed by atoms with Gasteiger partial charge in [-0.1, -0.05) is 0 Å². The highest BCUT2D eigenvalue weighted by Gasteiger charge is 2.46. The Kier molecular flexibility index (Phi) is 10.3. The number of carboxylic acids is 2. The van der Waals surface area contributed by atoms with Crippen molar-refractivity contribution < 1.29 is 55.6 Å². The fraction of sp³-hybridized carbons (Fsp3) is 0.500. The van der Waals surface area contributed by atoms with Gasteiger partial charge in [0.25, 0.3) is 0 Å². The van der Waals surface area contributed by atoms with E-state index in [1.165, 1.54) is 9.75 Å². The Morgan fingerprint density at radius 3 is 2.27 bits per heavy atom. The van der Waals surface area contributed by atoms with Gasteiger partial charge in [-0.05, 0) is 37.6 Å². The van der Waals surface area contributed by atoms with Gasteiger partial charge in [-0.25, -0.2) is 9.59 Å². The summed E-state index contributed by atoms with van der Waals surface area (Å²) in [7, 11) is 0. The summed E-state index contributed by atoms with van der Waals surface area (Å²) in [5.74, 6) is -4.68. The van der Waals surface area contributed by atoms with Crippen molar-refractivity contribution in [3.05, 3.63) is 46.4 Å². The molecule has 0 aliphatic carbocycles. The van der Waals surface area contributed by atoms with Crippen LogP contribution in [0.5, 0.6) is 5.75 Å². The molecule has 2 atom stereocenters. The minimum atomic E-state index is -5.08. The predicted octanol–water partition coefficient (Wildman–Crippen LogP) is 4.53. The van der Waals surface area contributed by atoms with Crippen LogP contribution >= 0.6 is 11.3 Å². The van der Waals surface area contributed by atoms with Gasteiger partial charge in [0.05, 0.1) is 18.4 Å². The summed E-state index contributed by atoms with van der Waals surface area (Å²) in [6.45, 7) is 6.01. The topological polar surface area (TPSA) is 109 Å². The summed E-state index contributed by atoms with van der Waals surface area (Å²) >= 11 is 1.89. The van der Waals surface area contributed by atoms with Crippen molar-refractivity contribution in [2.24, 2.45) is 0 Å². The molecule has 2 aromatic heterocycles. The normalized spacial score (nSPS) is 21.5. The number of carboxylic acid groups (broad SMARTS) is 2. The summed E-state index contributed by atoms with van der Waals surface area (Å²) in [6, 6.07) is 8.31. The molecule has 2 saturated heterocycles. The Balaban J connectivity index is 0.000000286. The van der Waals surface area contributed by atoms with Gasteiger partial charge in [-0.3, -0.25) is 9.88 Å². The lowest BCUT2D eigenvalue weighted by molar-refractivity contribution is -0.193. The zero-order valence-corrected chi connectivity index (χ0v) is 20.2. The van der Waals surface area contributed by atoms with Gasteiger partial charge in [0.2, 0.25) is 0 Å². The number of carbonyl (C=O) groups is 2. The van der Waals surface area contributed by atoms with E-state index in [1.54, 1.807) is 12.4 Å². The number of thiophene rings is 1. The smallest absolute Gasteiger partial charge is 0.486 e. The lowest BCUT2D eigenvalue weighted by Gasteiger charge is -2.23. The maximum absolute atomic E-state index is 10.6. The molecule has 0 amide bonds. The quantitative estimate of drug-likeness (QED) is 0.527. The second-order valence-electron chi connectivity index (χ2n) is 8.21. The Labute approximate surface area is 211 Å². The average Bonchev–Trinajstić information content (AvgIpc) is 3.50. The molecule has 2 unspecified atom stereocenters. The second kappa shape index (κ2) is 12.6. The van der Waals surface area contributed by atoms with Crippen LogP contribution in [0.3, 0.4) is 0 Å². The van der Waals surface area contributed by atoms with Crippen molar-refractivity contribution in [3.8, 4) is 5.75 Å². The molecule has 4 heterocycles. The van der Waals surface area contributed by atoms with Gasteiger partial charge in [0.1, 0.15) is 11.9 Å². The second-order valence-corrected chi connectivity index (χ2v) is 9.58. The van der Waals surface area contributed by atoms with Crippen molar-refractivity contribution in [2.75, 3.05) is 19.7 Å². The zero-order chi connectivity index (χ0) is 27.9. The molecule has 4 rings (SSSR count). The Hall–Kier alpha value is -2.91. The minimum absolute atomic E-state index is 0.0147. The monoisotopic (exact) mass is 558 g/mol. The number of halogens is 6. The molecule has 0 aromatic carbocycles. The number of aliphatic carboxylic acids is 2. The van der Waals surface area contributed by atoms with Gasteiger partial charge in [-0.2, -0.15) is 26.3 Å². The first-order chi connectivity index (χ1) is 17.1. The van der Waals surface area contributed by atoms with Crippen LogP contribution in [0.1, 0.15) is 22.6 Å². The van der Waals surface area contributed by atoms with E-state index in [2.05, 4.69) is 28.9 Å². The third-order valence-corrected chi connectivity index (χ3v) is 6.15. The fourth-order valence-electron chi connectivity index (χ4n) is 3.62. The van der Waals surface area contributed by atoms with Crippen LogP contribution in [0.15, 0.2) is 36.7 Å². The highest BCUT2D eigenvalue weighted by molar-refractivity contribution is 7.11. The van der Waals surface area contributed by atoms with Gasteiger partial charge in [-0.15, -0.1) is 11.3 Å². The molecule has 0 saturated carbocycles. The number of likely N-dealkylation sites (tertiary alicyclic amines) is 1. The van der Waals surface area contributed by atoms with E-state index in [4.69, 9.17) is 29.3 Å². The first-order valence-corrected chi connectivity index (χ1v) is 11.5. The number of pyridine rings is 1. The van der Waals surface area contributed by atoms with Crippen LogP contribution in [0, 0.1) is 6.92 Å². The largest absolute Gasteiger partial charge is 0.490 e. The fourth-order valence-corrected chi connectivity index (χ4v) is 4.56. The number of hydrogen-bond acceptors (Lipinski definition) is 7. The van der Waals surface area contributed by atoms with Crippen LogP contribution in [0.25, 0.3) is 0 Å². The number of ether oxygens (including phenoxy) is 2. The third-order valence-electron chi connectivity index (χ3n) is 5.17. The number of aromatic nitrogens is 1. The SMILES string of the molecule is Cc1ccc(CN2CCC3(CC(Oc4cccnc4)CO3)C2)s1.O=C(O)C(F)(F)F.O=C(O)C(F)(F)F.